The summed E-state index contributed by atoms with van der Waals surface area (Å²) in [6, 6.07) is 28.4. The number of nitrogens with two attached hydrogens (primary N) is 1. The van der Waals surface area contributed by atoms with Crippen LogP contribution in [0.1, 0.15) is 17.2 Å². The zero-order valence-corrected chi connectivity index (χ0v) is 22.6. The third-order valence-electron chi connectivity index (χ3n) is 6.00. The number of carbonyl (C=O) groups excluding carboxylic acids is 2. The zero-order chi connectivity index (χ0) is 29.9. The number of nitriles is 1. The fraction of sp³-hybridized carbons (Fsp3) is 0.0938. The Labute approximate surface area is 242 Å². The molecule has 0 saturated heterocycles. The Hall–Kier alpha value is -5.95. The van der Waals surface area contributed by atoms with E-state index in [0.29, 0.717) is 33.9 Å². The minimum absolute atomic E-state index is 0.184. The first-order valence-corrected chi connectivity index (χ1v) is 12.8. The lowest BCUT2D eigenvalue weighted by atomic mass is 10.0. The van der Waals surface area contributed by atoms with E-state index in [4.69, 9.17) is 25.2 Å². The van der Waals surface area contributed by atoms with Crippen molar-refractivity contribution in [2.24, 2.45) is 0 Å². The van der Waals surface area contributed by atoms with Crippen molar-refractivity contribution in [3.8, 4) is 23.3 Å². The molecule has 4 aromatic rings. The number of anilines is 3. The molecule has 4 rings (SSSR count). The lowest BCUT2D eigenvalue weighted by Crippen LogP contribution is -2.30. The maximum Gasteiger partial charge on any atom is 0.412 e. The molecule has 5 N–H and O–H groups in total. The highest BCUT2D eigenvalue weighted by Gasteiger charge is 2.29. The Morgan fingerprint density at radius 2 is 1.67 bits per heavy atom. The van der Waals surface area contributed by atoms with Crippen LogP contribution in [0.3, 0.4) is 0 Å². The molecule has 2 atom stereocenters. The van der Waals surface area contributed by atoms with Gasteiger partial charge < -0.3 is 30.4 Å². The number of hydrogen-bond donors (Lipinski definition) is 4. The highest BCUT2D eigenvalue weighted by molar-refractivity contribution is 6.01. The number of aromatic hydroxyl groups is 1. The largest absolute Gasteiger partial charge is 0.504 e. The number of nitrogens with zero attached hydrogens (tertiary/aromatic N) is 1. The number of rotatable bonds is 10. The first kappa shape index (κ1) is 29.0. The lowest BCUT2D eigenvalue weighted by molar-refractivity contribution is -0.112. The van der Waals surface area contributed by atoms with Gasteiger partial charge in [-0.05, 0) is 66.7 Å². The fourth-order valence-electron chi connectivity index (χ4n) is 3.93. The summed E-state index contributed by atoms with van der Waals surface area (Å²) in [4.78, 5) is 25.9. The number of nitrogen functional groups attached to an aromatic ring is 1. The smallest absolute Gasteiger partial charge is 0.412 e. The van der Waals surface area contributed by atoms with E-state index in [9.17, 15) is 14.7 Å². The van der Waals surface area contributed by atoms with Crippen molar-refractivity contribution in [3.63, 3.8) is 0 Å². The van der Waals surface area contributed by atoms with Crippen LogP contribution in [0.25, 0.3) is 0 Å². The SMILES string of the molecule is COc1ccc([C@@H](OC(=O)Nc2ccc(C#N)cc2)[C@@H](/C=C/C(=O)Nc2ccccc2N)Oc2ccccc2)cc1O. The van der Waals surface area contributed by atoms with Crippen LogP contribution < -0.4 is 25.8 Å². The highest BCUT2D eigenvalue weighted by Crippen LogP contribution is 2.34. The van der Waals surface area contributed by atoms with E-state index < -0.39 is 24.2 Å². The number of amides is 2. The third kappa shape index (κ3) is 7.80. The molecule has 10 heteroatoms. The van der Waals surface area contributed by atoms with Crippen molar-refractivity contribution in [1.82, 2.24) is 0 Å². The van der Waals surface area contributed by atoms with Gasteiger partial charge in [0.1, 0.15) is 5.75 Å². The third-order valence-corrected chi connectivity index (χ3v) is 6.00. The van der Waals surface area contributed by atoms with Crippen molar-refractivity contribution < 1.29 is 28.9 Å². The Balaban J connectivity index is 1.66. The number of nitrogens with one attached hydrogen (secondary N) is 2. The maximum atomic E-state index is 13.1. The summed E-state index contributed by atoms with van der Waals surface area (Å²) in [5, 5.41) is 24.9. The minimum Gasteiger partial charge on any atom is -0.504 e. The number of phenolic OH excluding ortho intramolecular Hbond substituents is 1. The summed E-state index contributed by atoms with van der Waals surface area (Å²) in [7, 11) is 1.41. The summed E-state index contributed by atoms with van der Waals surface area (Å²) in [6.07, 6.45) is -0.325. The molecule has 0 aromatic heterocycles. The molecule has 0 saturated carbocycles. The zero-order valence-electron chi connectivity index (χ0n) is 22.6. The summed E-state index contributed by atoms with van der Waals surface area (Å²) in [5.74, 6) is -0.0158. The van der Waals surface area contributed by atoms with Crippen molar-refractivity contribution in [1.29, 1.82) is 5.26 Å². The van der Waals surface area contributed by atoms with Crippen LogP contribution in [0.4, 0.5) is 21.9 Å². The van der Waals surface area contributed by atoms with Crippen molar-refractivity contribution in [2.45, 2.75) is 12.2 Å². The molecule has 0 spiro atoms. The monoisotopic (exact) mass is 564 g/mol. The average molecular weight is 565 g/mol. The standard InChI is InChI=1S/C32H28N4O6/c1-40-28-16-13-22(19-27(28)37)31(42-32(39)35-23-14-11-21(20-33)12-15-23)29(41-24-7-3-2-4-8-24)17-18-30(38)36-26-10-6-5-9-25(26)34/h2-19,29,31,37H,34H2,1H3,(H,35,39)(H,36,38)/b18-17+/t29-,31-/m1/s1. The summed E-state index contributed by atoms with van der Waals surface area (Å²) in [6.45, 7) is 0. The Morgan fingerprint density at radius 1 is 0.952 bits per heavy atom. The Bertz CT molecular complexity index is 1600. The number of methoxy groups -OCH3 is 1. The average Bonchev–Trinajstić information content (AvgIpc) is 3.00. The molecule has 10 nitrogen and oxygen atoms in total. The summed E-state index contributed by atoms with van der Waals surface area (Å²) >= 11 is 0. The molecule has 0 fully saturated rings. The van der Waals surface area contributed by atoms with E-state index in [0.717, 1.165) is 0 Å². The van der Waals surface area contributed by atoms with E-state index in [1.54, 1.807) is 78.9 Å². The molecule has 212 valence electrons. The van der Waals surface area contributed by atoms with Gasteiger partial charge >= 0.3 is 6.09 Å². The van der Waals surface area contributed by atoms with E-state index in [1.165, 1.54) is 31.4 Å². The van der Waals surface area contributed by atoms with Crippen LogP contribution in [0.15, 0.2) is 109 Å². The highest BCUT2D eigenvalue weighted by atomic mass is 16.6. The minimum atomic E-state index is -1.15. The van der Waals surface area contributed by atoms with Crippen molar-refractivity contribution in [3.05, 3.63) is 120 Å². The predicted octanol–water partition coefficient (Wildman–Crippen LogP) is 5.79. The maximum absolute atomic E-state index is 13.1. The van der Waals surface area contributed by atoms with Gasteiger partial charge in [-0.3, -0.25) is 10.1 Å². The summed E-state index contributed by atoms with van der Waals surface area (Å²) < 4.78 is 17.2. The second-order valence-corrected chi connectivity index (χ2v) is 8.90. The predicted molar refractivity (Wildman–Crippen MR) is 158 cm³/mol. The van der Waals surface area contributed by atoms with Gasteiger partial charge in [0.15, 0.2) is 23.7 Å². The molecule has 0 aliphatic heterocycles. The number of hydrogen-bond acceptors (Lipinski definition) is 8. The molecule has 0 heterocycles. The van der Waals surface area contributed by atoms with Gasteiger partial charge in [-0.15, -0.1) is 0 Å². The van der Waals surface area contributed by atoms with Gasteiger partial charge in [0.05, 0.1) is 30.1 Å². The van der Waals surface area contributed by atoms with Crippen molar-refractivity contribution >= 4 is 29.1 Å². The summed E-state index contributed by atoms with van der Waals surface area (Å²) in [5.41, 5.74) is 7.96. The molecule has 2 amide bonds. The quantitative estimate of drug-likeness (QED) is 0.139. The number of benzene rings is 4. The molecular formula is C32H28N4O6. The van der Waals surface area contributed by atoms with Crippen LogP contribution in [0.5, 0.6) is 17.2 Å². The Kier molecular flexibility index (Phi) is 9.62. The molecule has 0 aliphatic carbocycles. The molecular weight excluding hydrogens is 536 g/mol. The van der Waals surface area contributed by atoms with E-state index >= 15 is 0 Å². The number of carbonyl (C=O) groups is 2. The normalized spacial score (nSPS) is 12.0. The van der Waals surface area contributed by atoms with Crippen LogP contribution >= 0.6 is 0 Å². The van der Waals surface area contributed by atoms with Gasteiger partial charge in [-0.1, -0.05) is 36.4 Å². The van der Waals surface area contributed by atoms with Gasteiger partial charge in [0.25, 0.3) is 0 Å². The number of ether oxygens (including phenoxy) is 3. The van der Waals surface area contributed by atoms with Crippen LogP contribution in [0, 0.1) is 11.3 Å². The Morgan fingerprint density at radius 3 is 2.33 bits per heavy atom. The van der Waals surface area contributed by atoms with Crippen LogP contribution in [-0.2, 0) is 9.53 Å². The molecule has 4 aromatic carbocycles. The molecule has 0 unspecified atom stereocenters. The molecule has 0 radical (unpaired) electrons. The molecule has 0 bridgehead atoms. The second kappa shape index (κ2) is 13.9. The van der Waals surface area contributed by atoms with Gasteiger partial charge in [0, 0.05) is 17.3 Å². The van der Waals surface area contributed by atoms with Crippen LogP contribution in [-0.4, -0.2) is 30.3 Å². The number of para-hydroxylation sites is 3. The van der Waals surface area contributed by atoms with Gasteiger partial charge in [-0.2, -0.15) is 5.26 Å². The molecule has 42 heavy (non-hydrogen) atoms. The first-order valence-electron chi connectivity index (χ1n) is 12.8. The van der Waals surface area contributed by atoms with E-state index in [1.807, 2.05) is 12.1 Å². The lowest BCUT2D eigenvalue weighted by Gasteiger charge is -2.26. The van der Waals surface area contributed by atoms with E-state index in [2.05, 4.69) is 10.6 Å². The second-order valence-electron chi connectivity index (χ2n) is 8.90. The van der Waals surface area contributed by atoms with Gasteiger partial charge in [0.2, 0.25) is 5.91 Å². The van der Waals surface area contributed by atoms with Crippen LogP contribution in [0.2, 0.25) is 0 Å². The number of phenols is 1. The van der Waals surface area contributed by atoms with Gasteiger partial charge in [-0.25, -0.2) is 4.79 Å². The van der Waals surface area contributed by atoms with Crippen molar-refractivity contribution in [2.75, 3.05) is 23.5 Å². The fourth-order valence-corrected chi connectivity index (χ4v) is 3.93. The van der Waals surface area contributed by atoms with E-state index in [-0.39, 0.29) is 11.5 Å². The topological polar surface area (TPSA) is 156 Å². The molecule has 0 aliphatic rings. The first-order chi connectivity index (χ1) is 20.4.